The van der Waals surface area contributed by atoms with Crippen molar-refractivity contribution in [3.63, 3.8) is 0 Å². The average molecular weight is 1850 g/mol. The number of carbonyl (C=O) groups excluding carboxylic acids is 1. The predicted molar refractivity (Wildman–Crippen MR) is 552 cm³/mol. The number of ether oxygens (including phenoxy) is 1. The summed E-state index contributed by atoms with van der Waals surface area (Å²) in [5.74, 6) is 0. The maximum Gasteiger partial charge on any atom is 1.00 e. The molecule has 3 aliphatic rings. The van der Waals surface area contributed by atoms with E-state index in [0.29, 0.717) is 48.7 Å². The number of hydrogen-bond donors (Lipinski definition) is 0. The fourth-order valence-corrected chi connectivity index (χ4v) is 20.7. The first-order chi connectivity index (χ1) is 64.0. The average Bonchev–Trinajstić information content (AvgIpc) is 1.57. The van der Waals surface area contributed by atoms with Crippen LogP contribution in [0.4, 0.5) is 0 Å². The number of hydrogen-bond acceptors (Lipinski definition) is 12. The van der Waals surface area contributed by atoms with Crippen molar-refractivity contribution < 1.29 is 93.2 Å². The fraction of sp³-hybridized carbons (Fsp3) is 0.373. The molecule has 13 rings (SSSR count). The molecule has 0 N–H and O–H groups in total. The summed E-state index contributed by atoms with van der Waals surface area (Å²) in [5, 5.41) is 37.0. The van der Waals surface area contributed by atoms with Gasteiger partial charge in [-0.15, -0.1) is 5.60 Å². The molecule has 692 valence electrons. The summed E-state index contributed by atoms with van der Waals surface area (Å²) >= 11 is 0. The summed E-state index contributed by atoms with van der Waals surface area (Å²) in [6, 6.07) is 81.4. The number of unbranched alkanes of at least 4 members (excludes halogenated alkanes) is 12. The third-order valence-electron chi connectivity index (χ3n) is 24.0. The second-order valence-electron chi connectivity index (χ2n) is 35.4. The molecule has 0 radical (unpaired) electrons. The standard InChI is InChI=1S/C59H56N2.C35H56O6P2.C16H11NO.C4H8O.C4H9O.K/c1-3-5-7-9-39-59(40-10-8-6-4-2)57-41-51(29-23-47-17-11-45(12-18-47)15-21-49-25-31-53(43-60)32-26-49)35-37-55(57)56-38-36-52(42-58(56)59)30-24-48-19-13-46(14-20-48)16-22-50-27-33-54(44-61)34-28-50;1-7-13-15-17-23-35(24-18-16-14-8-2)33-25-29(27-42(36,38-9-3)39-10-4)19-21-31(33)32-22-20-30(26-34(32)35)28-43(37,40-11-5)41-12-6;17-11-15-7-3-13(4-8-15)1-2-14-5-9-16(12-18)10-6-14;1-2-4-5-3-1;1-4(2,3)5;/h11-38,41-42H,3-10,39-40H2,1-2H3;19-22,25-26H,7-18,23-24,27-28H2,1-6H3;1-10,12H;1-4H2;1-3H3;/q;;;;-1;+1/b21-15+,22-16+,29-23+,30-24+;;2-1+;;;. The molecular formula is C118H140KN3O9P2. The Hall–Kier alpha value is -9.10. The third kappa shape index (κ3) is 34.9. The Morgan fingerprint density at radius 1 is 0.331 bits per heavy atom. The predicted octanol–water partition coefficient (Wildman–Crippen LogP) is 29.2. The van der Waals surface area contributed by atoms with Crippen LogP contribution in [-0.2, 0) is 55.1 Å². The number of carbonyl (C=O) groups is 1. The van der Waals surface area contributed by atoms with E-state index in [2.05, 4.69) is 216 Å². The van der Waals surface area contributed by atoms with Gasteiger partial charge in [0.05, 0.1) is 73.6 Å². The molecule has 10 aromatic rings. The van der Waals surface area contributed by atoms with Crippen LogP contribution in [0.1, 0.15) is 333 Å². The molecule has 1 heterocycles. The smallest absolute Gasteiger partial charge is 0.850 e. The van der Waals surface area contributed by atoms with Crippen molar-refractivity contribution >= 4 is 82.2 Å². The molecule has 10 aromatic carbocycles. The summed E-state index contributed by atoms with van der Waals surface area (Å²) in [4.78, 5) is 10.5. The molecule has 2 aliphatic carbocycles. The maximum absolute atomic E-state index is 13.5. The van der Waals surface area contributed by atoms with Crippen molar-refractivity contribution in [2.45, 2.75) is 246 Å². The van der Waals surface area contributed by atoms with Crippen LogP contribution >= 0.6 is 15.2 Å². The van der Waals surface area contributed by atoms with Crippen molar-refractivity contribution in [1.29, 1.82) is 15.8 Å². The van der Waals surface area contributed by atoms with Gasteiger partial charge >= 0.3 is 66.6 Å². The van der Waals surface area contributed by atoms with E-state index in [1.54, 1.807) is 45.0 Å². The van der Waals surface area contributed by atoms with Gasteiger partial charge in [0.25, 0.3) is 0 Å². The molecule has 0 amide bonds. The van der Waals surface area contributed by atoms with Crippen molar-refractivity contribution in [3.05, 3.63) is 330 Å². The van der Waals surface area contributed by atoms with E-state index in [0.717, 1.165) is 89.7 Å². The van der Waals surface area contributed by atoms with Gasteiger partial charge in [-0.2, -0.15) is 15.8 Å². The normalized spacial score (nSPS) is 13.2. The molecular weight excluding hydrogens is 1700 g/mol. The van der Waals surface area contributed by atoms with Crippen LogP contribution in [-0.4, -0.2) is 51.5 Å². The Bertz CT molecular complexity index is 5310. The molecule has 1 fully saturated rings. The van der Waals surface area contributed by atoms with Crippen molar-refractivity contribution in [3.8, 4) is 40.5 Å². The second-order valence-corrected chi connectivity index (χ2v) is 39.5. The second kappa shape index (κ2) is 57.7. The Balaban J connectivity index is 0.000000259. The van der Waals surface area contributed by atoms with Gasteiger partial charge in [-0.25, -0.2) is 0 Å². The molecule has 1 aliphatic heterocycles. The largest absolute Gasteiger partial charge is 1.00 e. The van der Waals surface area contributed by atoms with Gasteiger partial charge in [-0.05, 0) is 214 Å². The van der Waals surface area contributed by atoms with Gasteiger partial charge in [-0.1, -0.05) is 394 Å². The van der Waals surface area contributed by atoms with Gasteiger partial charge in [0.1, 0.15) is 6.29 Å². The van der Waals surface area contributed by atoms with Crippen LogP contribution in [0.15, 0.2) is 218 Å². The summed E-state index contributed by atoms with van der Waals surface area (Å²) in [6.45, 7) is 24.8. The molecule has 0 bridgehead atoms. The van der Waals surface area contributed by atoms with Crippen LogP contribution < -0.4 is 56.5 Å². The van der Waals surface area contributed by atoms with Crippen molar-refractivity contribution in [1.82, 2.24) is 0 Å². The Kier molecular flexibility index (Phi) is 47.4. The van der Waals surface area contributed by atoms with Gasteiger partial charge < -0.3 is 27.9 Å². The van der Waals surface area contributed by atoms with E-state index in [4.69, 9.17) is 38.6 Å². The monoisotopic (exact) mass is 1840 g/mol. The van der Waals surface area contributed by atoms with Crippen molar-refractivity contribution in [2.24, 2.45) is 0 Å². The minimum absolute atomic E-state index is 0. The molecule has 0 spiro atoms. The van der Waals surface area contributed by atoms with E-state index < -0.39 is 20.8 Å². The van der Waals surface area contributed by atoms with Crippen LogP contribution in [0.3, 0.4) is 0 Å². The molecule has 133 heavy (non-hydrogen) atoms. The molecule has 12 nitrogen and oxygen atoms in total. The van der Waals surface area contributed by atoms with E-state index in [1.165, 1.54) is 182 Å². The molecule has 0 saturated carbocycles. The Morgan fingerprint density at radius 2 is 0.549 bits per heavy atom. The third-order valence-corrected chi connectivity index (χ3v) is 28.1. The SMILES string of the molecule is C1CCOC1.CC(C)(C)[O-].CCCCCCC1(CCCCCC)c2cc(/C=C/c3ccc(/C=C/c4ccc(C#N)cc4)cc3)ccc2-c2ccc(/C=C/c3ccc(/C=C/c4ccc(C#N)cc4)cc3)cc21.CCCCCCC1(CCCCCC)c2cc(CP(=O)(OCC)OCC)ccc2-c2ccc(CP(=O)(OCC)OCC)cc21.N#Cc1ccc(/C=C/c2ccc(C=O)cc2)cc1.[K+]. The first-order valence-electron chi connectivity index (χ1n) is 48.3. The van der Waals surface area contributed by atoms with E-state index in [-0.39, 0.29) is 74.5 Å². The van der Waals surface area contributed by atoms with Crippen LogP contribution in [0.25, 0.3) is 83.0 Å². The molecule has 0 aromatic heterocycles. The summed E-state index contributed by atoms with van der Waals surface area (Å²) < 4.78 is 54.7. The quantitative estimate of drug-likeness (QED) is 0.0116. The van der Waals surface area contributed by atoms with Crippen LogP contribution in [0, 0.1) is 34.0 Å². The van der Waals surface area contributed by atoms with Crippen molar-refractivity contribution in [2.75, 3.05) is 39.6 Å². The van der Waals surface area contributed by atoms with Gasteiger partial charge in [0.2, 0.25) is 0 Å². The van der Waals surface area contributed by atoms with E-state index in [1.807, 2.05) is 113 Å². The number of nitrogens with zero attached hydrogens (tertiary/aromatic N) is 3. The Morgan fingerprint density at radius 3 is 0.767 bits per heavy atom. The van der Waals surface area contributed by atoms with Crippen LogP contribution in [0.5, 0.6) is 0 Å². The summed E-state index contributed by atoms with van der Waals surface area (Å²) in [5.41, 5.74) is 26.0. The number of nitriles is 3. The number of benzene rings is 10. The minimum Gasteiger partial charge on any atom is -0.850 e. The molecule has 0 unspecified atom stereocenters. The molecule has 15 heteroatoms. The molecule has 0 atom stereocenters. The zero-order chi connectivity index (χ0) is 94.5. The number of fused-ring (bicyclic) bond motifs is 6. The first-order valence-corrected chi connectivity index (χ1v) is 51.8. The first kappa shape index (κ1) is 109. The maximum atomic E-state index is 13.5. The topological polar surface area (TPSA) is 192 Å². The number of aldehydes is 1. The van der Waals surface area contributed by atoms with E-state index in [9.17, 15) is 19.0 Å². The summed E-state index contributed by atoms with van der Waals surface area (Å²) in [6.07, 6.45) is 49.3. The number of rotatable bonds is 43. The van der Waals surface area contributed by atoms with E-state index >= 15 is 0 Å². The van der Waals surface area contributed by atoms with Gasteiger partial charge in [-0.3, -0.25) is 13.9 Å². The molecule has 1 saturated heterocycles. The minimum atomic E-state index is -3.25. The van der Waals surface area contributed by atoms with Gasteiger partial charge in [0, 0.05) is 29.6 Å². The van der Waals surface area contributed by atoms with Gasteiger partial charge in [0.15, 0.2) is 0 Å². The van der Waals surface area contributed by atoms with Crippen LogP contribution in [0.2, 0.25) is 0 Å². The fourth-order valence-electron chi connectivity index (χ4n) is 17.4. The summed E-state index contributed by atoms with van der Waals surface area (Å²) in [7, 11) is -6.49. The zero-order valence-electron chi connectivity index (χ0n) is 81.3. The zero-order valence-corrected chi connectivity index (χ0v) is 86.2. The Labute approximate surface area is 839 Å².